The highest BCUT2D eigenvalue weighted by molar-refractivity contribution is 5.89. The number of fused-ring (bicyclic) bond motifs is 3. The molecule has 0 unspecified atom stereocenters. The average Bonchev–Trinajstić information content (AvgIpc) is 3.58. The van der Waals surface area contributed by atoms with Gasteiger partial charge in [-0.25, -0.2) is 15.0 Å². The van der Waals surface area contributed by atoms with Gasteiger partial charge in [0, 0.05) is 16.7 Å². The van der Waals surface area contributed by atoms with E-state index in [1.54, 1.807) is 0 Å². The molecule has 0 bridgehead atoms. The molecular weight excluding hydrogens is 667 g/mol. The van der Waals surface area contributed by atoms with Crippen LogP contribution in [0.4, 0.5) is 0 Å². The van der Waals surface area contributed by atoms with Crippen LogP contribution < -0.4 is 0 Å². The second kappa shape index (κ2) is 13.6. The van der Waals surface area contributed by atoms with Crippen LogP contribution >= 0.6 is 0 Å². The Morgan fingerprint density at radius 2 is 0.655 bits per heavy atom. The summed E-state index contributed by atoms with van der Waals surface area (Å²) in [4.78, 5) is 15.3. The van der Waals surface area contributed by atoms with Crippen molar-refractivity contribution in [1.82, 2.24) is 15.0 Å². The van der Waals surface area contributed by atoms with Gasteiger partial charge in [-0.05, 0) is 73.8 Å². The zero-order chi connectivity index (χ0) is 36.6. The fourth-order valence-corrected chi connectivity index (χ4v) is 8.27. The van der Waals surface area contributed by atoms with E-state index in [0.29, 0.717) is 17.5 Å². The third kappa shape index (κ3) is 5.65. The topological polar surface area (TPSA) is 38.7 Å². The third-order valence-corrected chi connectivity index (χ3v) is 10.8. The molecule has 0 atom stereocenters. The van der Waals surface area contributed by atoms with Gasteiger partial charge in [0.2, 0.25) is 0 Å². The Labute approximate surface area is 321 Å². The molecule has 55 heavy (non-hydrogen) atoms. The maximum atomic E-state index is 5.15. The summed E-state index contributed by atoms with van der Waals surface area (Å²) in [7, 11) is 0. The predicted octanol–water partition coefficient (Wildman–Crippen LogP) is 12.6. The number of hydrogen-bond acceptors (Lipinski definition) is 3. The van der Waals surface area contributed by atoms with Crippen molar-refractivity contribution >= 4 is 0 Å². The summed E-state index contributed by atoms with van der Waals surface area (Å²) >= 11 is 0. The first-order valence-electron chi connectivity index (χ1n) is 18.7. The lowest BCUT2D eigenvalue weighted by atomic mass is 9.67. The largest absolute Gasteiger partial charge is 0.208 e. The summed E-state index contributed by atoms with van der Waals surface area (Å²) in [5.74, 6) is 1.92. The van der Waals surface area contributed by atoms with Gasteiger partial charge < -0.3 is 0 Å². The monoisotopic (exact) mass is 701 g/mol. The van der Waals surface area contributed by atoms with E-state index in [2.05, 4.69) is 176 Å². The summed E-state index contributed by atoms with van der Waals surface area (Å²) in [5.41, 5.74) is 14.2. The summed E-state index contributed by atoms with van der Waals surface area (Å²) in [6.07, 6.45) is 0. The van der Waals surface area contributed by atoms with Gasteiger partial charge in [0.25, 0.3) is 0 Å². The number of benzene rings is 8. The summed E-state index contributed by atoms with van der Waals surface area (Å²) in [5, 5.41) is 0. The molecule has 0 N–H and O–H groups in total. The summed E-state index contributed by atoms with van der Waals surface area (Å²) in [6, 6.07) is 75.5. The second-order valence-electron chi connectivity index (χ2n) is 14.0. The predicted molar refractivity (Wildman–Crippen MR) is 224 cm³/mol. The fourth-order valence-electron chi connectivity index (χ4n) is 8.27. The lowest BCUT2D eigenvalue weighted by Crippen LogP contribution is -2.28. The SMILES string of the molecule is c1ccc(-c2cccc(C3(c4cccc(-c5ccccc5)c4)c4ccccc4-c4ccc(-c5nc(-c6ccccc6)nc(-c6ccccc6)n5)cc43)c2)cc1. The molecule has 3 heteroatoms. The highest BCUT2D eigenvalue weighted by Crippen LogP contribution is 2.57. The van der Waals surface area contributed by atoms with Gasteiger partial charge in [0.15, 0.2) is 17.5 Å². The van der Waals surface area contributed by atoms with Crippen molar-refractivity contribution in [3.05, 3.63) is 235 Å². The zero-order valence-corrected chi connectivity index (χ0v) is 30.0. The molecule has 0 amide bonds. The van der Waals surface area contributed by atoms with Gasteiger partial charge >= 0.3 is 0 Å². The quantitative estimate of drug-likeness (QED) is 0.166. The van der Waals surface area contributed by atoms with E-state index in [4.69, 9.17) is 15.0 Å². The molecule has 1 aliphatic rings. The first kappa shape index (κ1) is 32.4. The number of aromatic nitrogens is 3. The molecule has 258 valence electrons. The summed E-state index contributed by atoms with van der Waals surface area (Å²) < 4.78 is 0. The lowest BCUT2D eigenvalue weighted by molar-refractivity contribution is 0.769. The van der Waals surface area contributed by atoms with Crippen LogP contribution in [0.2, 0.25) is 0 Å². The van der Waals surface area contributed by atoms with Crippen LogP contribution in [0.3, 0.4) is 0 Å². The molecule has 1 heterocycles. The lowest BCUT2D eigenvalue weighted by Gasteiger charge is -2.34. The van der Waals surface area contributed by atoms with Gasteiger partial charge in [-0.1, -0.05) is 194 Å². The van der Waals surface area contributed by atoms with Crippen molar-refractivity contribution in [3.8, 4) is 67.5 Å². The Bertz CT molecular complexity index is 2660. The normalized spacial score (nSPS) is 12.5. The van der Waals surface area contributed by atoms with Crippen LogP contribution in [0.25, 0.3) is 67.5 Å². The molecule has 1 aromatic heterocycles. The molecule has 0 aliphatic heterocycles. The van der Waals surface area contributed by atoms with Crippen LogP contribution in [-0.2, 0) is 5.41 Å². The van der Waals surface area contributed by atoms with E-state index in [9.17, 15) is 0 Å². The Balaban J connectivity index is 1.26. The minimum absolute atomic E-state index is 0.636. The minimum Gasteiger partial charge on any atom is -0.208 e. The van der Waals surface area contributed by atoms with Crippen molar-refractivity contribution in [3.63, 3.8) is 0 Å². The zero-order valence-electron chi connectivity index (χ0n) is 30.0. The summed E-state index contributed by atoms with van der Waals surface area (Å²) in [6.45, 7) is 0. The number of hydrogen-bond donors (Lipinski definition) is 0. The van der Waals surface area contributed by atoms with E-state index >= 15 is 0 Å². The van der Waals surface area contributed by atoms with E-state index in [1.165, 1.54) is 55.6 Å². The fraction of sp³-hybridized carbons (Fsp3) is 0.0192. The molecular formula is C52H35N3. The highest BCUT2D eigenvalue weighted by Gasteiger charge is 2.46. The molecule has 0 fully saturated rings. The maximum absolute atomic E-state index is 5.15. The van der Waals surface area contributed by atoms with Crippen LogP contribution in [-0.4, -0.2) is 15.0 Å². The van der Waals surface area contributed by atoms with Crippen LogP contribution in [0.15, 0.2) is 212 Å². The third-order valence-electron chi connectivity index (χ3n) is 10.8. The minimum atomic E-state index is -0.644. The standard InChI is InChI=1S/C52H35N3/c1-5-17-36(18-6-1)40-25-15-27-43(33-40)52(44-28-16-26-41(34-44)37-19-7-2-8-20-37)47-30-14-13-29-45(47)46-32-31-42(35-48(46)52)51-54-49(38-21-9-3-10-22-38)53-50(55-51)39-23-11-4-12-24-39/h1-35H. The van der Waals surface area contributed by atoms with Crippen molar-refractivity contribution < 1.29 is 0 Å². The molecule has 8 aromatic carbocycles. The number of rotatable bonds is 7. The first-order chi connectivity index (χ1) is 27.3. The first-order valence-corrected chi connectivity index (χ1v) is 18.7. The number of nitrogens with zero attached hydrogens (tertiary/aromatic N) is 3. The molecule has 10 rings (SSSR count). The van der Waals surface area contributed by atoms with E-state index < -0.39 is 5.41 Å². The molecule has 9 aromatic rings. The van der Waals surface area contributed by atoms with E-state index in [0.717, 1.165) is 16.7 Å². The van der Waals surface area contributed by atoms with Gasteiger partial charge in [-0.15, -0.1) is 0 Å². The van der Waals surface area contributed by atoms with Gasteiger partial charge in [-0.2, -0.15) is 0 Å². The Hall–Kier alpha value is -7.23. The van der Waals surface area contributed by atoms with E-state index in [1.807, 2.05) is 36.4 Å². The second-order valence-corrected chi connectivity index (χ2v) is 14.0. The Kier molecular flexibility index (Phi) is 8.04. The van der Waals surface area contributed by atoms with Gasteiger partial charge in [-0.3, -0.25) is 0 Å². The molecule has 0 saturated carbocycles. The maximum Gasteiger partial charge on any atom is 0.164 e. The molecule has 0 radical (unpaired) electrons. The van der Waals surface area contributed by atoms with Crippen molar-refractivity contribution in [2.24, 2.45) is 0 Å². The van der Waals surface area contributed by atoms with Crippen LogP contribution in [0, 0.1) is 0 Å². The smallest absolute Gasteiger partial charge is 0.164 e. The van der Waals surface area contributed by atoms with E-state index in [-0.39, 0.29) is 0 Å². The van der Waals surface area contributed by atoms with Crippen molar-refractivity contribution in [2.45, 2.75) is 5.41 Å². The van der Waals surface area contributed by atoms with Gasteiger partial charge in [0.1, 0.15) is 0 Å². The van der Waals surface area contributed by atoms with Crippen molar-refractivity contribution in [2.75, 3.05) is 0 Å². The molecule has 3 nitrogen and oxygen atoms in total. The highest BCUT2D eigenvalue weighted by atomic mass is 15.0. The Morgan fingerprint density at radius 3 is 1.16 bits per heavy atom. The van der Waals surface area contributed by atoms with Crippen molar-refractivity contribution in [1.29, 1.82) is 0 Å². The van der Waals surface area contributed by atoms with Crippen LogP contribution in [0.5, 0.6) is 0 Å². The van der Waals surface area contributed by atoms with Gasteiger partial charge in [0.05, 0.1) is 5.41 Å². The van der Waals surface area contributed by atoms with Crippen LogP contribution in [0.1, 0.15) is 22.3 Å². The molecule has 0 spiro atoms. The molecule has 0 saturated heterocycles. The molecule has 1 aliphatic carbocycles. The average molecular weight is 702 g/mol. The Morgan fingerprint density at radius 1 is 0.255 bits per heavy atom.